The lowest BCUT2D eigenvalue weighted by Crippen LogP contribution is -2.41. The van der Waals surface area contributed by atoms with Crippen molar-refractivity contribution in [2.75, 3.05) is 20.2 Å². The molecule has 106 valence electrons. The summed E-state index contributed by atoms with van der Waals surface area (Å²) in [4.78, 5) is 13.5. The molecule has 0 aromatic heterocycles. The van der Waals surface area contributed by atoms with E-state index in [1.54, 1.807) is 18.0 Å². The number of carbonyl (C=O) groups excluding carboxylic acids is 1. The second-order valence-electron chi connectivity index (χ2n) is 4.60. The molecule has 0 spiro atoms. The number of nitrogens with zero attached hydrogens (tertiary/aromatic N) is 1. The van der Waals surface area contributed by atoms with Crippen LogP contribution in [0.25, 0.3) is 0 Å². The normalized spacial score (nSPS) is 17.6. The number of amides is 1. The average molecular weight is 273 g/mol. The molecule has 1 heterocycles. The summed E-state index contributed by atoms with van der Waals surface area (Å²) in [5.41, 5.74) is 0. The summed E-state index contributed by atoms with van der Waals surface area (Å²) in [5, 5.41) is 0. The lowest BCUT2D eigenvalue weighted by atomic mass is 10.2. The van der Waals surface area contributed by atoms with E-state index in [2.05, 4.69) is 0 Å². The number of allylic oxidation sites excluding steroid dienone is 3. The standard InChI is InChI=1S/C16H19NO3/c1-3-4-5-10-16(18)17(2)11-13-12-19-14-8-6-7-9-15(14)20-13/h3-10,13H,11-12H2,1-2H3/b4-3+,10-5+. The van der Waals surface area contributed by atoms with Crippen LogP contribution < -0.4 is 9.47 Å². The summed E-state index contributed by atoms with van der Waals surface area (Å²) in [5.74, 6) is 1.44. The molecule has 0 bridgehead atoms. The molecule has 1 amide bonds. The molecule has 0 fully saturated rings. The Labute approximate surface area is 119 Å². The fraction of sp³-hybridized carbons (Fsp3) is 0.312. The summed E-state index contributed by atoms with van der Waals surface area (Å²) < 4.78 is 11.4. The topological polar surface area (TPSA) is 38.8 Å². The molecule has 1 aromatic rings. The molecular weight excluding hydrogens is 254 g/mol. The molecule has 1 aliphatic heterocycles. The average Bonchev–Trinajstić information content (AvgIpc) is 2.47. The summed E-state index contributed by atoms with van der Waals surface area (Å²) in [6.07, 6.45) is 6.82. The smallest absolute Gasteiger partial charge is 0.246 e. The fourth-order valence-corrected chi connectivity index (χ4v) is 1.92. The third kappa shape index (κ3) is 3.63. The van der Waals surface area contributed by atoms with E-state index in [1.165, 1.54) is 6.08 Å². The van der Waals surface area contributed by atoms with E-state index in [-0.39, 0.29) is 12.0 Å². The van der Waals surface area contributed by atoms with Gasteiger partial charge in [0.1, 0.15) is 6.61 Å². The molecule has 0 saturated heterocycles. The number of likely N-dealkylation sites (N-methyl/N-ethyl adjacent to an activating group) is 1. The highest BCUT2D eigenvalue weighted by atomic mass is 16.6. The minimum absolute atomic E-state index is 0.0504. The van der Waals surface area contributed by atoms with Crippen LogP contribution in [0.3, 0.4) is 0 Å². The molecule has 0 N–H and O–H groups in total. The molecule has 1 atom stereocenters. The third-order valence-corrected chi connectivity index (χ3v) is 2.96. The van der Waals surface area contributed by atoms with Gasteiger partial charge in [-0.15, -0.1) is 0 Å². The van der Waals surface area contributed by atoms with Crippen LogP contribution in [0.5, 0.6) is 11.5 Å². The van der Waals surface area contributed by atoms with Gasteiger partial charge in [-0.2, -0.15) is 0 Å². The van der Waals surface area contributed by atoms with Crippen LogP contribution in [-0.2, 0) is 4.79 Å². The number of hydrogen-bond acceptors (Lipinski definition) is 3. The van der Waals surface area contributed by atoms with Gasteiger partial charge in [0.05, 0.1) is 6.54 Å². The van der Waals surface area contributed by atoms with Gasteiger partial charge in [0.15, 0.2) is 17.6 Å². The zero-order valence-corrected chi connectivity index (χ0v) is 11.8. The minimum atomic E-state index is -0.144. The Morgan fingerprint density at radius 2 is 2.10 bits per heavy atom. The Bertz CT molecular complexity index is 522. The highest BCUT2D eigenvalue weighted by Gasteiger charge is 2.22. The second-order valence-corrected chi connectivity index (χ2v) is 4.60. The molecule has 20 heavy (non-hydrogen) atoms. The summed E-state index contributed by atoms with van der Waals surface area (Å²) in [6.45, 7) is 2.85. The van der Waals surface area contributed by atoms with Crippen LogP contribution in [0.15, 0.2) is 48.6 Å². The van der Waals surface area contributed by atoms with Crippen LogP contribution in [0.2, 0.25) is 0 Å². The number of rotatable bonds is 4. The number of para-hydroxylation sites is 2. The van der Waals surface area contributed by atoms with E-state index in [4.69, 9.17) is 9.47 Å². The molecular formula is C16H19NO3. The van der Waals surface area contributed by atoms with Gasteiger partial charge in [-0.1, -0.05) is 30.4 Å². The van der Waals surface area contributed by atoms with Gasteiger partial charge in [0.2, 0.25) is 5.91 Å². The van der Waals surface area contributed by atoms with Gasteiger partial charge in [-0.3, -0.25) is 4.79 Å². The van der Waals surface area contributed by atoms with Crippen LogP contribution in [-0.4, -0.2) is 37.1 Å². The lowest BCUT2D eigenvalue weighted by Gasteiger charge is -2.29. The quantitative estimate of drug-likeness (QED) is 0.624. The summed E-state index contributed by atoms with van der Waals surface area (Å²) in [7, 11) is 1.76. The van der Waals surface area contributed by atoms with Gasteiger partial charge >= 0.3 is 0 Å². The molecule has 1 aliphatic rings. The maximum atomic E-state index is 11.8. The van der Waals surface area contributed by atoms with Crippen molar-refractivity contribution in [1.82, 2.24) is 4.90 Å². The molecule has 4 heteroatoms. The first-order valence-corrected chi connectivity index (χ1v) is 6.63. The molecule has 1 unspecified atom stereocenters. The fourth-order valence-electron chi connectivity index (χ4n) is 1.92. The SMILES string of the molecule is C/C=C/C=C/C(=O)N(C)CC1COc2ccccc2O1. The first kappa shape index (κ1) is 14.2. The largest absolute Gasteiger partial charge is 0.486 e. The first-order valence-electron chi connectivity index (χ1n) is 6.63. The molecule has 4 nitrogen and oxygen atoms in total. The summed E-state index contributed by atoms with van der Waals surface area (Å²) >= 11 is 0. The lowest BCUT2D eigenvalue weighted by molar-refractivity contribution is -0.126. The van der Waals surface area contributed by atoms with Crippen molar-refractivity contribution in [2.45, 2.75) is 13.0 Å². The highest BCUT2D eigenvalue weighted by Crippen LogP contribution is 2.30. The van der Waals surface area contributed by atoms with Crippen LogP contribution in [0.4, 0.5) is 0 Å². The van der Waals surface area contributed by atoms with Gasteiger partial charge < -0.3 is 14.4 Å². The van der Waals surface area contributed by atoms with Gasteiger partial charge in [0.25, 0.3) is 0 Å². The van der Waals surface area contributed by atoms with Crippen molar-refractivity contribution in [3.8, 4) is 11.5 Å². The predicted molar refractivity (Wildman–Crippen MR) is 77.9 cm³/mol. The number of carbonyl (C=O) groups is 1. The van der Waals surface area contributed by atoms with Crippen molar-refractivity contribution in [2.24, 2.45) is 0 Å². The molecule has 1 aromatic carbocycles. The van der Waals surface area contributed by atoms with E-state index >= 15 is 0 Å². The van der Waals surface area contributed by atoms with Crippen molar-refractivity contribution < 1.29 is 14.3 Å². The maximum Gasteiger partial charge on any atom is 0.246 e. The zero-order valence-electron chi connectivity index (χ0n) is 11.8. The Kier molecular flexibility index (Phi) is 4.82. The minimum Gasteiger partial charge on any atom is -0.486 e. The van der Waals surface area contributed by atoms with Crippen molar-refractivity contribution in [3.05, 3.63) is 48.6 Å². The van der Waals surface area contributed by atoms with E-state index in [0.29, 0.717) is 13.2 Å². The van der Waals surface area contributed by atoms with Gasteiger partial charge in [-0.25, -0.2) is 0 Å². The second kappa shape index (κ2) is 6.80. The Morgan fingerprint density at radius 3 is 2.85 bits per heavy atom. The van der Waals surface area contributed by atoms with E-state index in [9.17, 15) is 4.79 Å². The first-order chi connectivity index (χ1) is 9.70. The van der Waals surface area contributed by atoms with Crippen LogP contribution >= 0.6 is 0 Å². The number of fused-ring (bicyclic) bond motifs is 1. The highest BCUT2D eigenvalue weighted by molar-refractivity contribution is 5.87. The van der Waals surface area contributed by atoms with Crippen molar-refractivity contribution in [1.29, 1.82) is 0 Å². The Hall–Kier alpha value is -2.23. The Balaban J connectivity index is 1.90. The predicted octanol–water partition coefficient (Wildman–Crippen LogP) is 2.42. The van der Waals surface area contributed by atoms with E-state index in [0.717, 1.165) is 11.5 Å². The van der Waals surface area contributed by atoms with E-state index < -0.39 is 0 Å². The number of ether oxygens (including phenoxy) is 2. The number of benzene rings is 1. The van der Waals surface area contributed by atoms with Crippen molar-refractivity contribution >= 4 is 5.91 Å². The summed E-state index contributed by atoms with van der Waals surface area (Å²) in [6, 6.07) is 7.55. The number of hydrogen-bond donors (Lipinski definition) is 0. The molecule has 0 saturated carbocycles. The van der Waals surface area contributed by atoms with Crippen LogP contribution in [0.1, 0.15) is 6.92 Å². The zero-order chi connectivity index (χ0) is 14.4. The monoisotopic (exact) mass is 273 g/mol. The third-order valence-electron chi connectivity index (χ3n) is 2.96. The van der Waals surface area contributed by atoms with Crippen LogP contribution in [0, 0.1) is 0 Å². The molecule has 0 radical (unpaired) electrons. The van der Waals surface area contributed by atoms with Gasteiger partial charge in [-0.05, 0) is 19.1 Å². The maximum absolute atomic E-state index is 11.8. The van der Waals surface area contributed by atoms with Gasteiger partial charge in [0, 0.05) is 13.1 Å². The van der Waals surface area contributed by atoms with Crippen molar-refractivity contribution in [3.63, 3.8) is 0 Å². The van der Waals surface area contributed by atoms with E-state index in [1.807, 2.05) is 43.3 Å². The molecule has 2 rings (SSSR count). The molecule has 0 aliphatic carbocycles. The Morgan fingerprint density at radius 1 is 1.35 bits per heavy atom.